The number of pyridine rings is 1. The number of hydrogen-bond donors (Lipinski definition) is 0. The van der Waals surface area contributed by atoms with E-state index in [2.05, 4.69) is 4.98 Å². The lowest BCUT2D eigenvalue weighted by molar-refractivity contribution is -0.137. The van der Waals surface area contributed by atoms with Crippen molar-refractivity contribution < 1.29 is 9.53 Å². The lowest BCUT2D eigenvalue weighted by Gasteiger charge is -2.01. The van der Waals surface area contributed by atoms with Gasteiger partial charge in [0.15, 0.2) is 0 Å². The first-order valence-electron chi connectivity index (χ1n) is 5.60. The van der Waals surface area contributed by atoms with Gasteiger partial charge in [0, 0.05) is 17.7 Å². The number of carbonyl (C=O) groups is 1. The molecule has 2 aromatic rings. The van der Waals surface area contributed by atoms with Crippen molar-refractivity contribution in [3.63, 3.8) is 0 Å². The van der Waals surface area contributed by atoms with Crippen molar-refractivity contribution in [1.29, 1.82) is 0 Å². The lowest BCUT2D eigenvalue weighted by atomic mass is 10.1. The summed E-state index contributed by atoms with van der Waals surface area (Å²) >= 11 is 6.09. The zero-order valence-corrected chi connectivity index (χ0v) is 10.6. The van der Waals surface area contributed by atoms with Gasteiger partial charge in [-0.1, -0.05) is 17.7 Å². The first-order chi connectivity index (χ1) is 8.70. The second-order valence-corrected chi connectivity index (χ2v) is 4.06. The summed E-state index contributed by atoms with van der Waals surface area (Å²) in [5.41, 5.74) is 1.71. The van der Waals surface area contributed by atoms with Gasteiger partial charge >= 0.3 is 5.97 Å². The summed E-state index contributed by atoms with van der Waals surface area (Å²) in [5.74, 6) is -0.352. The van der Waals surface area contributed by atoms with E-state index in [4.69, 9.17) is 16.3 Å². The molecule has 0 unspecified atom stereocenters. The lowest BCUT2D eigenvalue weighted by Crippen LogP contribution is -1.98. The minimum absolute atomic E-state index is 0.352. The van der Waals surface area contributed by atoms with Crippen molar-refractivity contribution in [2.45, 2.75) is 6.92 Å². The van der Waals surface area contributed by atoms with Crippen LogP contribution in [0.25, 0.3) is 17.0 Å². The van der Waals surface area contributed by atoms with Gasteiger partial charge in [-0.2, -0.15) is 0 Å². The van der Waals surface area contributed by atoms with Crippen LogP contribution in [0, 0.1) is 0 Å². The van der Waals surface area contributed by atoms with Gasteiger partial charge in [-0.15, -0.1) is 0 Å². The van der Waals surface area contributed by atoms with E-state index in [1.165, 1.54) is 6.08 Å². The summed E-state index contributed by atoms with van der Waals surface area (Å²) in [6.07, 6.45) is 4.76. The molecule has 18 heavy (non-hydrogen) atoms. The van der Waals surface area contributed by atoms with Crippen LogP contribution in [0.2, 0.25) is 5.02 Å². The van der Waals surface area contributed by atoms with E-state index in [1.807, 2.05) is 18.2 Å². The number of benzene rings is 1. The number of nitrogens with zero attached hydrogens (tertiary/aromatic N) is 1. The number of carbonyl (C=O) groups excluding carboxylic acids is 1. The van der Waals surface area contributed by atoms with Crippen molar-refractivity contribution in [1.82, 2.24) is 4.98 Å². The Kier molecular flexibility index (Phi) is 3.95. The van der Waals surface area contributed by atoms with Crippen LogP contribution in [-0.2, 0) is 9.53 Å². The Labute approximate surface area is 110 Å². The predicted molar refractivity (Wildman–Crippen MR) is 72.4 cm³/mol. The molecule has 2 rings (SSSR count). The van der Waals surface area contributed by atoms with Crippen molar-refractivity contribution in [3.8, 4) is 0 Å². The molecular formula is C14H12ClNO2. The molecule has 3 nitrogen and oxygen atoms in total. The molecule has 0 saturated carbocycles. The Balaban J connectivity index is 2.30. The van der Waals surface area contributed by atoms with Gasteiger partial charge in [0.2, 0.25) is 0 Å². The maximum atomic E-state index is 11.2. The Morgan fingerprint density at radius 1 is 1.44 bits per heavy atom. The molecule has 0 saturated heterocycles. The number of rotatable bonds is 3. The van der Waals surface area contributed by atoms with Gasteiger partial charge in [0.1, 0.15) is 0 Å². The van der Waals surface area contributed by atoms with Crippen molar-refractivity contribution in [2.75, 3.05) is 6.61 Å². The predicted octanol–water partition coefficient (Wildman–Crippen LogP) is 3.46. The maximum absolute atomic E-state index is 11.2. The van der Waals surface area contributed by atoms with E-state index < -0.39 is 0 Å². The molecule has 0 radical (unpaired) electrons. The number of esters is 1. The smallest absolute Gasteiger partial charge is 0.330 e. The fraction of sp³-hybridized carbons (Fsp3) is 0.143. The quantitative estimate of drug-likeness (QED) is 0.627. The topological polar surface area (TPSA) is 39.2 Å². The van der Waals surface area contributed by atoms with Gasteiger partial charge in [-0.3, -0.25) is 4.98 Å². The van der Waals surface area contributed by atoms with E-state index in [1.54, 1.807) is 25.3 Å². The van der Waals surface area contributed by atoms with Crippen LogP contribution in [0.5, 0.6) is 0 Å². The van der Waals surface area contributed by atoms with E-state index in [0.29, 0.717) is 11.6 Å². The number of fused-ring (bicyclic) bond motifs is 1. The molecule has 1 aromatic heterocycles. The van der Waals surface area contributed by atoms with Crippen molar-refractivity contribution in [2.24, 2.45) is 0 Å². The molecule has 0 amide bonds. The normalized spacial score (nSPS) is 11.0. The first-order valence-corrected chi connectivity index (χ1v) is 5.97. The average molecular weight is 262 g/mol. The number of hydrogen-bond acceptors (Lipinski definition) is 3. The third-order valence-corrected chi connectivity index (χ3v) is 2.74. The van der Waals surface area contributed by atoms with Crippen LogP contribution in [0.4, 0.5) is 0 Å². The first kappa shape index (κ1) is 12.6. The van der Waals surface area contributed by atoms with Crippen LogP contribution in [0.3, 0.4) is 0 Å². The fourth-order valence-electron chi connectivity index (χ4n) is 1.59. The van der Waals surface area contributed by atoms with E-state index >= 15 is 0 Å². The maximum Gasteiger partial charge on any atom is 0.330 e. The van der Waals surface area contributed by atoms with E-state index in [0.717, 1.165) is 16.5 Å². The number of ether oxygens (including phenoxy) is 1. The highest BCUT2D eigenvalue weighted by Gasteiger charge is 2.00. The number of aromatic nitrogens is 1. The third-order valence-electron chi connectivity index (χ3n) is 2.41. The molecule has 0 fully saturated rings. The Morgan fingerprint density at radius 2 is 2.28 bits per heavy atom. The van der Waals surface area contributed by atoms with Crippen LogP contribution in [-0.4, -0.2) is 17.6 Å². The second-order valence-electron chi connectivity index (χ2n) is 3.65. The Hall–Kier alpha value is -1.87. The standard InChI is InChI=1S/C14H12ClNO2/c1-2-18-14(17)6-4-10-3-5-13-11(9-10)12(15)7-8-16-13/h3-9H,2H2,1H3/b6-4+. The van der Waals surface area contributed by atoms with Crippen molar-refractivity contribution in [3.05, 3.63) is 47.1 Å². The van der Waals surface area contributed by atoms with Gasteiger partial charge in [0.05, 0.1) is 17.1 Å². The van der Waals surface area contributed by atoms with E-state index in [9.17, 15) is 4.79 Å². The summed E-state index contributed by atoms with van der Waals surface area (Å²) < 4.78 is 4.81. The van der Waals surface area contributed by atoms with Crippen LogP contribution in [0.15, 0.2) is 36.5 Å². The largest absolute Gasteiger partial charge is 0.463 e. The number of halogens is 1. The molecule has 0 aliphatic rings. The highest BCUT2D eigenvalue weighted by Crippen LogP contribution is 2.22. The van der Waals surface area contributed by atoms with Crippen LogP contribution >= 0.6 is 11.6 Å². The Bertz CT molecular complexity index is 608. The van der Waals surface area contributed by atoms with Gasteiger partial charge in [0.25, 0.3) is 0 Å². The summed E-state index contributed by atoms with van der Waals surface area (Å²) in [7, 11) is 0. The fourth-order valence-corrected chi connectivity index (χ4v) is 1.80. The van der Waals surface area contributed by atoms with Crippen LogP contribution in [0.1, 0.15) is 12.5 Å². The molecule has 92 valence electrons. The molecule has 0 aliphatic heterocycles. The molecule has 0 N–H and O–H groups in total. The molecule has 0 atom stereocenters. The zero-order valence-electron chi connectivity index (χ0n) is 9.89. The molecule has 1 aromatic carbocycles. The molecule has 4 heteroatoms. The molecule has 0 spiro atoms. The molecule has 0 aliphatic carbocycles. The summed E-state index contributed by atoms with van der Waals surface area (Å²) in [6, 6.07) is 7.37. The average Bonchev–Trinajstić information content (AvgIpc) is 2.37. The van der Waals surface area contributed by atoms with Gasteiger partial charge in [-0.25, -0.2) is 4.79 Å². The van der Waals surface area contributed by atoms with Crippen molar-refractivity contribution >= 4 is 34.5 Å². The highest BCUT2D eigenvalue weighted by atomic mass is 35.5. The molecular weight excluding hydrogens is 250 g/mol. The summed E-state index contributed by atoms with van der Waals surface area (Å²) in [6.45, 7) is 2.14. The summed E-state index contributed by atoms with van der Waals surface area (Å²) in [4.78, 5) is 15.4. The van der Waals surface area contributed by atoms with Gasteiger partial charge < -0.3 is 4.74 Å². The highest BCUT2D eigenvalue weighted by molar-refractivity contribution is 6.35. The minimum atomic E-state index is -0.352. The molecule has 1 heterocycles. The van der Waals surface area contributed by atoms with Gasteiger partial charge in [-0.05, 0) is 36.8 Å². The Morgan fingerprint density at radius 3 is 3.06 bits per heavy atom. The monoisotopic (exact) mass is 261 g/mol. The SMILES string of the molecule is CCOC(=O)/C=C/c1ccc2nccc(Cl)c2c1. The van der Waals surface area contributed by atoms with Crippen LogP contribution < -0.4 is 0 Å². The second kappa shape index (κ2) is 5.65. The molecule has 0 bridgehead atoms. The minimum Gasteiger partial charge on any atom is -0.463 e. The summed E-state index contributed by atoms with van der Waals surface area (Å²) in [5, 5.41) is 1.51. The van der Waals surface area contributed by atoms with E-state index in [-0.39, 0.29) is 5.97 Å². The third kappa shape index (κ3) is 2.87. The zero-order chi connectivity index (χ0) is 13.0.